The fourth-order valence-corrected chi connectivity index (χ4v) is 2.90. The molecule has 4 heteroatoms. The fraction of sp³-hybridized carbons (Fsp3) is 1.00. The Morgan fingerprint density at radius 2 is 1.84 bits per heavy atom. The van der Waals surface area contributed by atoms with Crippen molar-refractivity contribution in [3.8, 4) is 0 Å². The van der Waals surface area contributed by atoms with Gasteiger partial charge in [-0.15, -0.1) is 0 Å². The monoisotopic (exact) mass is 269 g/mol. The lowest BCUT2D eigenvalue weighted by Gasteiger charge is -2.40. The second-order valence-corrected chi connectivity index (χ2v) is 7.49. The highest BCUT2D eigenvalue weighted by Crippen LogP contribution is 2.30. The molecule has 0 aromatic carbocycles. The van der Waals surface area contributed by atoms with Gasteiger partial charge in [0.15, 0.2) is 0 Å². The van der Waals surface area contributed by atoms with Crippen LogP contribution in [0.15, 0.2) is 0 Å². The van der Waals surface area contributed by atoms with Gasteiger partial charge in [-0.05, 0) is 34.2 Å². The molecule has 0 aromatic rings. The Morgan fingerprint density at radius 3 is 2.37 bits per heavy atom. The highest BCUT2D eigenvalue weighted by Gasteiger charge is 2.37. The van der Waals surface area contributed by atoms with Gasteiger partial charge >= 0.3 is 0 Å². The molecule has 0 saturated carbocycles. The van der Waals surface area contributed by atoms with Crippen LogP contribution in [0, 0.1) is 5.41 Å². The van der Waals surface area contributed by atoms with Crippen LogP contribution in [0.4, 0.5) is 0 Å². The van der Waals surface area contributed by atoms with Gasteiger partial charge in [-0.25, -0.2) is 0 Å². The van der Waals surface area contributed by atoms with E-state index < -0.39 is 0 Å². The molecule has 0 bridgehead atoms. The summed E-state index contributed by atoms with van der Waals surface area (Å²) in [7, 11) is 2.22. The summed E-state index contributed by atoms with van der Waals surface area (Å²) >= 11 is 0. The van der Waals surface area contributed by atoms with Crippen LogP contribution in [0.5, 0.6) is 0 Å². The van der Waals surface area contributed by atoms with Gasteiger partial charge in [0.25, 0.3) is 0 Å². The number of hydrogen-bond donors (Lipinski definition) is 1. The predicted octanol–water partition coefficient (Wildman–Crippen LogP) is 1.03. The fourth-order valence-electron chi connectivity index (χ4n) is 2.90. The minimum Gasteiger partial charge on any atom is -0.381 e. The molecule has 2 rings (SSSR count). The smallest absolute Gasteiger partial charge is 0.0547 e. The highest BCUT2D eigenvalue weighted by atomic mass is 16.5. The number of hydrogen-bond acceptors (Lipinski definition) is 4. The molecule has 1 unspecified atom stereocenters. The summed E-state index contributed by atoms with van der Waals surface area (Å²) in [6.07, 6.45) is 1.20. The molecule has 2 heterocycles. The molecule has 0 radical (unpaired) electrons. The minimum atomic E-state index is 0.192. The van der Waals surface area contributed by atoms with Gasteiger partial charge in [0.2, 0.25) is 0 Å². The first-order valence-electron chi connectivity index (χ1n) is 7.62. The highest BCUT2D eigenvalue weighted by molar-refractivity contribution is 4.91. The molecule has 2 aliphatic rings. The van der Waals surface area contributed by atoms with Crippen molar-refractivity contribution in [2.75, 3.05) is 59.5 Å². The van der Waals surface area contributed by atoms with Crippen molar-refractivity contribution in [3.63, 3.8) is 0 Å². The molecule has 2 aliphatic heterocycles. The zero-order valence-electron chi connectivity index (χ0n) is 13.2. The van der Waals surface area contributed by atoms with Crippen molar-refractivity contribution in [2.24, 2.45) is 5.41 Å². The molecular formula is C15H31N3O. The second kappa shape index (κ2) is 6.08. The van der Waals surface area contributed by atoms with Crippen molar-refractivity contribution in [1.82, 2.24) is 15.1 Å². The molecule has 2 fully saturated rings. The Bertz CT molecular complexity index is 274. The average Bonchev–Trinajstić information content (AvgIpc) is 2.78. The summed E-state index contributed by atoms with van der Waals surface area (Å²) in [5.41, 5.74) is 0.515. The van der Waals surface area contributed by atoms with E-state index in [-0.39, 0.29) is 5.54 Å². The maximum atomic E-state index is 5.71. The van der Waals surface area contributed by atoms with Crippen LogP contribution in [0.25, 0.3) is 0 Å². The summed E-state index contributed by atoms with van der Waals surface area (Å²) < 4.78 is 5.71. The Morgan fingerprint density at radius 1 is 1.16 bits per heavy atom. The molecule has 4 nitrogen and oxygen atoms in total. The maximum Gasteiger partial charge on any atom is 0.0547 e. The van der Waals surface area contributed by atoms with E-state index >= 15 is 0 Å². The SMILES string of the molecule is CN1CCN(CC2(CNC(C)(C)C)CCOC2)CC1. The van der Waals surface area contributed by atoms with E-state index in [4.69, 9.17) is 4.74 Å². The summed E-state index contributed by atoms with van der Waals surface area (Å²) in [4.78, 5) is 5.04. The standard InChI is InChI=1S/C15H31N3O/c1-14(2,3)16-11-15(5-10-19-13-15)12-18-8-6-17(4)7-9-18/h16H,5-13H2,1-4H3. The maximum absolute atomic E-state index is 5.71. The van der Waals surface area contributed by atoms with E-state index in [0.29, 0.717) is 5.41 Å². The van der Waals surface area contributed by atoms with E-state index in [0.717, 1.165) is 19.8 Å². The molecule has 19 heavy (non-hydrogen) atoms. The average molecular weight is 269 g/mol. The molecule has 1 atom stereocenters. The van der Waals surface area contributed by atoms with E-state index in [9.17, 15) is 0 Å². The molecule has 2 saturated heterocycles. The summed E-state index contributed by atoms with van der Waals surface area (Å²) in [6, 6.07) is 0. The van der Waals surface area contributed by atoms with Gasteiger partial charge in [0.1, 0.15) is 0 Å². The third-order valence-electron chi connectivity index (χ3n) is 4.33. The van der Waals surface area contributed by atoms with Gasteiger partial charge < -0.3 is 19.9 Å². The van der Waals surface area contributed by atoms with E-state index in [2.05, 4.69) is 42.9 Å². The lowest BCUT2D eigenvalue weighted by Crippen LogP contribution is -2.53. The van der Waals surface area contributed by atoms with Gasteiger partial charge in [0, 0.05) is 56.8 Å². The number of likely N-dealkylation sites (N-methyl/N-ethyl adjacent to an activating group) is 1. The zero-order chi connectivity index (χ0) is 13.9. The van der Waals surface area contributed by atoms with Crippen LogP contribution >= 0.6 is 0 Å². The summed E-state index contributed by atoms with van der Waals surface area (Å²) in [5.74, 6) is 0. The van der Waals surface area contributed by atoms with Crippen LogP contribution in [-0.4, -0.2) is 74.9 Å². The van der Waals surface area contributed by atoms with Gasteiger partial charge in [0.05, 0.1) is 6.61 Å². The molecule has 0 spiro atoms. The first-order valence-corrected chi connectivity index (χ1v) is 7.62. The number of ether oxygens (including phenoxy) is 1. The van der Waals surface area contributed by atoms with Crippen molar-refractivity contribution in [2.45, 2.75) is 32.7 Å². The molecule has 0 aromatic heterocycles. The third kappa shape index (κ3) is 4.71. The van der Waals surface area contributed by atoms with Crippen LogP contribution in [-0.2, 0) is 4.74 Å². The Balaban J connectivity index is 1.88. The zero-order valence-corrected chi connectivity index (χ0v) is 13.2. The number of rotatable bonds is 4. The summed E-state index contributed by atoms with van der Waals surface area (Å²) in [5, 5.41) is 3.69. The lowest BCUT2D eigenvalue weighted by molar-refractivity contribution is 0.0752. The van der Waals surface area contributed by atoms with Gasteiger partial charge in [-0.2, -0.15) is 0 Å². The quantitative estimate of drug-likeness (QED) is 0.825. The van der Waals surface area contributed by atoms with Crippen LogP contribution in [0.3, 0.4) is 0 Å². The lowest BCUT2D eigenvalue weighted by atomic mass is 9.85. The third-order valence-corrected chi connectivity index (χ3v) is 4.33. The van der Waals surface area contributed by atoms with Gasteiger partial charge in [-0.3, -0.25) is 0 Å². The first kappa shape index (κ1) is 15.2. The van der Waals surface area contributed by atoms with Crippen LogP contribution in [0.1, 0.15) is 27.2 Å². The molecule has 1 N–H and O–H groups in total. The Hall–Kier alpha value is -0.160. The van der Waals surface area contributed by atoms with Crippen molar-refractivity contribution in [1.29, 1.82) is 0 Å². The van der Waals surface area contributed by atoms with Crippen LogP contribution in [0.2, 0.25) is 0 Å². The number of nitrogens with zero attached hydrogens (tertiary/aromatic N) is 2. The van der Waals surface area contributed by atoms with E-state index in [1.54, 1.807) is 0 Å². The number of piperazine rings is 1. The molecule has 0 aliphatic carbocycles. The molecule has 0 amide bonds. The molecule has 112 valence electrons. The van der Waals surface area contributed by atoms with Gasteiger partial charge in [-0.1, -0.05) is 0 Å². The van der Waals surface area contributed by atoms with Crippen molar-refractivity contribution >= 4 is 0 Å². The topological polar surface area (TPSA) is 27.7 Å². The van der Waals surface area contributed by atoms with E-state index in [1.165, 1.54) is 39.1 Å². The second-order valence-electron chi connectivity index (χ2n) is 7.49. The van der Waals surface area contributed by atoms with Crippen molar-refractivity contribution < 1.29 is 4.74 Å². The van der Waals surface area contributed by atoms with E-state index in [1.807, 2.05) is 0 Å². The molecular weight excluding hydrogens is 238 g/mol. The van der Waals surface area contributed by atoms with Crippen molar-refractivity contribution in [3.05, 3.63) is 0 Å². The Labute approximate surface area is 118 Å². The summed E-state index contributed by atoms with van der Waals surface area (Å²) in [6.45, 7) is 15.6. The number of nitrogens with one attached hydrogen (secondary N) is 1. The normalized spacial score (nSPS) is 30.9. The first-order chi connectivity index (χ1) is 8.89. The van der Waals surface area contributed by atoms with Crippen LogP contribution < -0.4 is 5.32 Å². The predicted molar refractivity (Wildman–Crippen MR) is 79.6 cm³/mol. The Kier molecular flexibility index (Phi) is 4.88. The largest absolute Gasteiger partial charge is 0.381 e. The minimum absolute atomic E-state index is 0.192.